The van der Waals surface area contributed by atoms with E-state index < -0.39 is 0 Å². The molecule has 5 nitrogen and oxygen atoms in total. The Hall–Kier alpha value is -3.02. The van der Waals surface area contributed by atoms with Gasteiger partial charge in [-0.15, -0.1) is 0 Å². The lowest BCUT2D eigenvalue weighted by molar-refractivity contribution is 0.0375. The first-order chi connectivity index (χ1) is 15.3. The molecule has 0 saturated carbocycles. The minimum Gasteiger partial charge on any atom is -0.379 e. The molecule has 2 aliphatic rings. The summed E-state index contributed by atoms with van der Waals surface area (Å²) < 4.78 is 7.39. The average molecular weight is 412 g/mol. The Morgan fingerprint density at radius 2 is 1.74 bits per heavy atom. The summed E-state index contributed by atoms with van der Waals surface area (Å²) in [6, 6.07) is 18.4. The minimum absolute atomic E-state index is 0.0782. The first-order valence-electron chi connectivity index (χ1n) is 11.1. The van der Waals surface area contributed by atoms with E-state index in [4.69, 9.17) is 9.72 Å². The molecular weight excluding hydrogens is 386 g/mol. The fourth-order valence-corrected chi connectivity index (χ4v) is 5.10. The Balaban J connectivity index is 1.44. The molecule has 4 heterocycles. The summed E-state index contributed by atoms with van der Waals surface area (Å²) in [7, 11) is 0. The molecule has 6 rings (SSSR count). The van der Waals surface area contributed by atoms with E-state index in [1.54, 1.807) is 0 Å². The molecule has 0 unspecified atom stereocenters. The van der Waals surface area contributed by atoms with Crippen molar-refractivity contribution in [3.63, 3.8) is 0 Å². The van der Waals surface area contributed by atoms with E-state index in [1.807, 2.05) is 34.9 Å². The van der Waals surface area contributed by atoms with Gasteiger partial charge in [0.1, 0.15) is 0 Å². The molecule has 31 heavy (non-hydrogen) atoms. The third-order valence-electron chi connectivity index (χ3n) is 6.69. The summed E-state index contributed by atoms with van der Waals surface area (Å²) >= 11 is 0. The molecule has 0 radical (unpaired) electrons. The van der Waals surface area contributed by atoms with Crippen molar-refractivity contribution in [1.29, 1.82) is 0 Å². The maximum Gasteiger partial charge on any atom is 0.259 e. The lowest BCUT2D eigenvalue weighted by atomic mass is 9.96. The number of hydrogen-bond donors (Lipinski definition) is 0. The number of benzene rings is 2. The second kappa shape index (κ2) is 7.59. The quantitative estimate of drug-likeness (QED) is 0.451. The lowest BCUT2D eigenvalue weighted by Gasteiger charge is -2.26. The first kappa shape index (κ1) is 18.7. The summed E-state index contributed by atoms with van der Waals surface area (Å²) in [5.41, 5.74) is 5.57. The van der Waals surface area contributed by atoms with E-state index in [0.717, 1.165) is 73.4 Å². The number of hydrogen-bond acceptors (Lipinski definition) is 4. The Morgan fingerprint density at radius 1 is 0.968 bits per heavy atom. The zero-order valence-corrected chi connectivity index (χ0v) is 17.5. The van der Waals surface area contributed by atoms with Gasteiger partial charge in [0.2, 0.25) is 0 Å². The number of rotatable bonds is 4. The Labute approximate surface area is 180 Å². The van der Waals surface area contributed by atoms with Gasteiger partial charge in [0, 0.05) is 29.4 Å². The van der Waals surface area contributed by atoms with E-state index in [0.29, 0.717) is 6.54 Å². The minimum atomic E-state index is 0.0782. The fourth-order valence-electron chi connectivity index (χ4n) is 5.10. The molecule has 0 amide bonds. The monoisotopic (exact) mass is 411 g/mol. The first-order valence-corrected chi connectivity index (χ1v) is 11.1. The number of pyridine rings is 2. The summed E-state index contributed by atoms with van der Waals surface area (Å²) in [5.74, 6) is 0. The normalized spacial score (nSPS) is 16.0. The van der Waals surface area contributed by atoms with E-state index in [2.05, 4.69) is 29.2 Å². The van der Waals surface area contributed by atoms with Crippen LogP contribution in [0.4, 0.5) is 0 Å². The zero-order valence-electron chi connectivity index (χ0n) is 17.5. The second-order valence-corrected chi connectivity index (χ2v) is 8.50. The fraction of sp³-hybridized carbons (Fsp3) is 0.308. The van der Waals surface area contributed by atoms with Gasteiger partial charge in [0.25, 0.3) is 5.56 Å². The molecule has 2 aromatic heterocycles. The van der Waals surface area contributed by atoms with Crippen LogP contribution in [-0.4, -0.2) is 47.3 Å². The van der Waals surface area contributed by atoms with Crippen LogP contribution in [0.1, 0.15) is 17.5 Å². The van der Waals surface area contributed by atoms with Crippen molar-refractivity contribution in [3.05, 3.63) is 76.1 Å². The van der Waals surface area contributed by atoms with Crippen molar-refractivity contribution in [2.24, 2.45) is 0 Å². The zero-order chi connectivity index (χ0) is 20.8. The number of nitrogens with zero attached hydrogens (tertiary/aromatic N) is 3. The van der Waals surface area contributed by atoms with Crippen LogP contribution in [0.5, 0.6) is 0 Å². The van der Waals surface area contributed by atoms with Crippen LogP contribution in [0, 0.1) is 0 Å². The molecular formula is C26H25N3O2. The molecule has 0 atom stereocenters. The second-order valence-electron chi connectivity index (χ2n) is 8.50. The third-order valence-corrected chi connectivity index (χ3v) is 6.69. The summed E-state index contributed by atoms with van der Waals surface area (Å²) in [6.45, 7) is 5.38. The molecule has 2 aliphatic heterocycles. The Morgan fingerprint density at radius 3 is 2.61 bits per heavy atom. The molecule has 1 fully saturated rings. The smallest absolute Gasteiger partial charge is 0.259 e. The number of fused-ring (bicyclic) bond motifs is 5. The number of morpholine rings is 1. The lowest BCUT2D eigenvalue weighted by Crippen LogP contribution is -2.37. The highest BCUT2D eigenvalue weighted by molar-refractivity contribution is 5.91. The van der Waals surface area contributed by atoms with Gasteiger partial charge >= 0.3 is 0 Å². The highest BCUT2D eigenvalue weighted by atomic mass is 16.5. The third kappa shape index (κ3) is 3.16. The molecule has 0 spiro atoms. The van der Waals surface area contributed by atoms with Crippen LogP contribution >= 0.6 is 0 Å². The van der Waals surface area contributed by atoms with Gasteiger partial charge in [-0.2, -0.15) is 0 Å². The van der Waals surface area contributed by atoms with Crippen molar-refractivity contribution in [3.8, 4) is 11.4 Å². The van der Waals surface area contributed by atoms with Crippen LogP contribution in [0.2, 0.25) is 0 Å². The number of aromatic nitrogens is 2. The van der Waals surface area contributed by atoms with Gasteiger partial charge in [0.05, 0.1) is 36.7 Å². The van der Waals surface area contributed by atoms with Gasteiger partial charge in [-0.3, -0.25) is 9.69 Å². The Bertz CT molecular complexity index is 1350. The van der Waals surface area contributed by atoms with Crippen LogP contribution in [0.15, 0.2) is 59.4 Å². The predicted molar refractivity (Wildman–Crippen MR) is 124 cm³/mol. The standard InChI is InChI=1S/C26H25N3O2/c30-26-19-7-2-1-6-18(19)16-24-25-22(17-29(24)26)20(21-8-3-4-10-23(21)27-25)9-5-11-28-12-14-31-15-13-28/h1-4,6-8,10,16H,5,9,11-15,17H2. The van der Waals surface area contributed by atoms with Crippen molar-refractivity contribution in [1.82, 2.24) is 14.5 Å². The summed E-state index contributed by atoms with van der Waals surface area (Å²) in [6.07, 6.45) is 2.08. The van der Waals surface area contributed by atoms with E-state index in [9.17, 15) is 4.79 Å². The Kier molecular flexibility index (Phi) is 4.59. The van der Waals surface area contributed by atoms with Crippen molar-refractivity contribution in [2.75, 3.05) is 32.8 Å². The number of para-hydroxylation sites is 1. The van der Waals surface area contributed by atoms with Crippen molar-refractivity contribution in [2.45, 2.75) is 19.4 Å². The van der Waals surface area contributed by atoms with Crippen LogP contribution in [0.3, 0.4) is 0 Å². The largest absolute Gasteiger partial charge is 0.379 e. The molecule has 2 aromatic carbocycles. The van der Waals surface area contributed by atoms with Crippen molar-refractivity contribution >= 4 is 21.7 Å². The van der Waals surface area contributed by atoms with Gasteiger partial charge in [0.15, 0.2) is 0 Å². The van der Waals surface area contributed by atoms with Gasteiger partial charge in [-0.25, -0.2) is 4.98 Å². The summed E-state index contributed by atoms with van der Waals surface area (Å²) in [5, 5.41) is 2.97. The van der Waals surface area contributed by atoms with Crippen LogP contribution in [-0.2, 0) is 17.7 Å². The molecule has 5 heteroatoms. The van der Waals surface area contributed by atoms with E-state index in [1.165, 1.54) is 16.5 Å². The van der Waals surface area contributed by atoms with Gasteiger partial charge in [-0.1, -0.05) is 36.4 Å². The van der Waals surface area contributed by atoms with E-state index >= 15 is 0 Å². The molecule has 156 valence electrons. The average Bonchev–Trinajstić information content (AvgIpc) is 3.18. The molecule has 0 aliphatic carbocycles. The maximum atomic E-state index is 13.2. The highest BCUT2D eigenvalue weighted by Gasteiger charge is 2.26. The van der Waals surface area contributed by atoms with Gasteiger partial charge < -0.3 is 9.30 Å². The molecule has 0 bridgehead atoms. The number of aryl methyl sites for hydroxylation is 1. The number of ether oxygens (including phenoxy) is 1. The van der Waals surface area contributed by atoms with Crippen LogP contribution < -0.4 is 5.56 Å². The topological polar surface area (TPSA) is 47.4 Å². The molecule has 4 aromatic rings. The highest BCUT2D eigenvalue weighted by Crippen LogP contribution is 2.36. The molecule has 0 N–H and O–H groups in total. The SMILES string of the molecule is O=c1c2ccccc2cc2n1Cc1c-2nc2ccccc2c1CCCN1CCOCC1. The van der Waals surface area contributed by atoms with Crippen molar-refractivity contribution < 1.29 is 4.74 Å². The summed E-state index contributed by atoms with van der Waals surface area (Å²) in [4.78, 5) is 20.7. The van der Waals surface area contributed by atoms with Gasteiger partial charge in [-0.05, 0) is 48.5 Å². The molecule has 1 saturated heterocycles. The maximum absolute atomic E-state index is 13.2. The van der Waals surface area contributed by atoms with E-state index in [-0.39, 0.29) is 5.56 Å². The predicted octanol–water partition coefficient (Wildman–Crippen LogP) is 3.84. The van der Waals surface area contributed by atoms with Crippen LogP contribution in [0.25, 0.3) is 33.1 Å².